The summed E-state index contributed by atoms with van der Waals surface area (Å²) in [7, 11) is 0. The first kappa shape index (κ1) is 13.6. The van der Waals surface area contributed by atoms with Gasteiger partial charge in [0, 0.05) is 0 Å². The van der Waals surface area contributed by atoms with Crippen molar-refractivity contribution in [2.24, 2.45) is 0 Å². The van der Waals surface area contributed by atoms with E-state index >= 15 is 0 Å². The van der Waals surface area contributed by atoms with Crippen LogP contribution in [0.5, 0.6) is 5.75 Å². The molecule has 0 amide bonds. The molecule has 1 aromatic carbocycles. The Balaban J connectivity index is 2.71. The zero-order valence-corrected chi connectivity index (χ0v) is 10.7. The second kappa shape index (κ2) is 6.28. The monoisotopic (exact) mass is 236 g/mol. The Labute approximate surface area is 102 Å². The smallest absolute Gasteiger partial charge is 0.344 e. The fraction of sp³-hybridized carbons (Fsp3) is 0.500. The minimum atomic E-state index is -0.892. The predicted molar refractivity (Wildman–Crippen MR) is 67.5 cm³/mol. The third-order valence-electron chi connectivity index (χ3n) is 2.85. The molecular formula is C14H20O3. The summed E-state index contributed by atoms with van der Waals surface area (Å²) in [4.78, 5) is 11.0. The van der Waals surface area contributed by atoms with E-state index in [0.29, 0.717) is 12.2 Å². The number of carbonyl (C=O) groups is 1. The molecule has 1 aromatic rings. The van der Waals surface area contributed by atoms with Crippen molar-refractivity contribution < 1.29 is 14.6 Å². The Morgan fingerprint density at radius 1 is 1.35 bits per heavy atom. The maximum absolute atomic E-state index is 11.0. The van der Waals surface area contributed by atoms with E-state index in [0.717, 1.165) is 18.4 Å². The van der Waals surface area contributed by atoms with Crippen LogP contribution in [0.2, 0.25) is 0 Å². The third kappa shape index (κ3) is 4.10. The molecule has 0 aromatic heterocycles. The maximum Gasteiger partial charge on any atom is 0.344 e. The van der Waals surface area contributed by atoms with Crippen molar-refractivity contribution in [2.75, 3.05) is 0 Å². The lowest BCUT2D eigenvalue weighted by Gasteiger charge is -2.15. The highest BCUT2D eigenvalue weighted by molar-refractivity contribution is 5.72. The number of rotatable bonds is 6. The van der Waals surface area contributed by atoms with Crippen molar-refractivity contribution in [3.05, 3.63) is 29.3 Å². The van der Waals surface area contributed by atoms with Crippen LogP contribution >= 0.6 is 0 Å². The molecule has 0 radical (unpaired) electrons. The van der Waals surface area contributed by atoms with Gasteiger partial charge in [-0.1, -0.05) is 19.4 Å². The molecule has 3 nitrogen and oxygen atoms in total. The molecular weight excluding hydrogens is 216 g/mol. The lowest BCUT2D eigenvalue weighted by molar-refractivity contribution is -0.145. The fourth-order valence-electron chi connectivity index (χ4n) is 1.57. The first-order valence-electron chi connectivity index (χ1n) is 6.01. The summed E-state index contributed by atoms with van der Waals surface area (Å²) in [5.41, 5.74) is 2.29. The van der Waals surface area contributed by atoms with Gasteiger partial charge in [0.15, 0.2) is 6.10 Å². The molecule has 0 heterocycles. The Morgan fingerprint density at radius 2 is 2.06 bits per heavy atom. The second-order valence-corrected chi connectivity index (χ2v) is 4.33. The van der Waals surface area contributed by atoms with E-state index in [2.05, 4.69) is 0 Å². The molecule has 0 fully saturated rings. The van der Waals surface area contributed by atoms with E-state index in [1.165, 1.54) is 5.56 Å². The summed E-state index contributed by atoms with van der Waals surface area (Å²) in [6, 6.07) is 5.66. The van der Waals surface area contributed by atoms with Crippen molar-refractivity contribution in [3.8, 4) is 5.75 Å². The van der Waals surface area contributed by atoms with Crippen LogP contribution in [0, 0.1) is 13.8 Å². The average Bonchev–Trinajstić information content (AvgIpc) is 2.28. The number of benzene rings is 1. The van der Waals surface area contributed by atoms with Crippen molar-refractivity contribution in [1.29, 1.82) is 0 Å². The highest BCUT2D eigenvalue weighted by Crippen LogP contribution is 2.19. The highest BCUT2D eigenvalue weighted by Gasteiger charge is 2.18. The molecule has 1 atom stereocenters. The Bertz CT molecular complexity index is 385. The van der Waals surface area contributed by atoms with Gasteiger partial charge in [-0.15, -0.1) is 0 Å². The summed E-state index contributed by atoms with van der Waals surface area (Å²) >= 11 is 0. The molecule has 1 unspecified atom stereocenters. The van der Waals surface area contributed by atoms with Gasteiger partial charge in [0.1, 0.15) is 5.75 Å². The minimum Gasteiger partial charge on any atom is -0.479 e. The topological polar surface area (TPSA) is 46.5 Å². The van der Waals surface area contributed by atoms with Crippen LogP contribution in [-0.2, 0) is 4.79 Å². The summed E-state index contributed by atoms with van der Waals surface area (Å²) < 4.78 is 5.51. The van der Waals surface area contributed by atoms with Crippen LogP contribution < -0.4 is 4.74 Å². The van der Waals surface area contributed by atoms with Crippen LogP contribution in [0.25, 0.3) is 0 Å². The number of carboxylic acid groups (broad SMARTS) is 1. The van der Waals surface area contributed by atoms with Gasteiger partial charge in [0.05, 0.1) is 0 Å². The minimum absolute atomic E-state index is 0.554. The molecule has 0 aliphatic heterocycles. The van der Waals surface area contributed by atoms with E-state index in [4.69, 9.17) is 9.84 Å². The number of unbranched alkanes of at least 4 members (excludes halogenated alkanes) is 1. The SMILES string of the molecule is CCCCC(Oc1ccc(C)c(C)c1)C(=O)O. The van der Waals surface area contributed by atoms with Crippen LogP contribution in [0.4, 0.5) is 0 Å². The van der Waals surface area contributed by atoms with Crippen LogP contribution in [-0.4, -0.2) is 17.2 Å². The van der Waals surface area contributed by atoms with Gasteiger partial charge in [-0.25, -0.2) is 4.79 Å². The normalized spacial score (nSPS) is 12.2. The number of aliphatic carboxylic acids is 1. The van der Waals surface area contributed by atoms with Crippen molar-refractivity contribution in [3.63, 3.8) is 0 Å². The van der Waals surface area contributed by atoms with E-state index in [9.17, 15) is 4.79 Å². The molecule has 3 heteroatoms. The number of hydrogen-bond donors (Lipinski definition) is 1. The van der Waals surface area contributed by atoms with Gasteiger partial charge in [-0.3, -0.25) is 0 Å². The van der Waals surface area contributed by atoms with Crippen LogP contribution in [0.1, 0.15) is 37.3 Å². The standard InChI is InChI=1S/C14H20O3/c1-4-5-6-13(14(15)16)17-12-8-7-10(2)11(3)9-12/h7-9,13H,4-6H2,1-3H3,(H,15,16). The molecule has 0 aliphatic rings. The molecule has 0 spiro atoms. The van der Waals surface area contributed by atoms with Crippen LogP contribution in [0.3, 0.4) is 0 Å². The number of ether oxygens (including phenoxy) is 1. The van der Waals surface area contributed by atoms with Gasteiger partial charge >= 0.3 is 5.97 Å². The molecule has 0 saturated carbocycles. The number of carboxylic acids is 1. The van der Waals surface area contributed by atoms with Crippen molar-refractivity contribution in [2.45, 2.75) is 46.1 Å². The molecule has 0 bridgehead atoms. The molecule has 1 N–H and O–H groups in total. The van der Waals surface area contributed by atoms with Gasteiger partial charge in [-0.05, 0) is 49.9 Å². The quantitative estimate of drug-likeness (QED) is 0.824. The molecule has 94 valence electrons. The fourth-order valence-corrected chi connectivity index (χ4v) is 1.57. The summed E-state index contributed by atoms with van der Waals surface area (Å²) in [6.45, 7) is 6.05. The summed E-state index contributed by atoms with van der Waals surface area (Å²) in [6.07, 6.45) is 1.65. The summed E-state index contributed by atoms with van der Waals surface area (Å²) in [5, 5.41) is 9.06. The predicted octanol–water partition coefficient (Wildman–Crippen LogP) is 3.33. The number of hydrogen-bond acceptors (Lipinski definition) is 2. The van der Waals surface area contributed by atoms with Crippen molar-refractivity contribution in [1.82, 2.24) is 0 Å². The lowest BCUT2D eigenvalue weighted by Crippen LogP contribution is -2.26. The Hall–Kier alpha value is -1.51. The van der Waals surface area contributed by atoms with Crippen molar-refractivity contribution >= 4 is 5.97 Å². The van der Waals surface area contributed by atoms with E-state index in [1.54, 1.807) is 0 Å². The zero-order valence-electron chi connectivity index (χ0n) is 10.7. The van der Waals surface area contributed by atoms with Gasteiger partial charge in [-0.2, -0.15) is 0 Å². The van der Waals surface area contributed by atoms with E-state index in [1.807, 2.05) is 39.0 Å². The molecule has 17 heavy (non-hydrogen) atoms. The van der Waals surface area contributed by atoms with E-state index < -0.39 is 12.1 Å². The average molecular weight is 236 g/mol. The Kier molecular flexibility index (Phi) is 5.01. The summed E-state index contributed by atoms with van der Waals surface area (Å²) in [5.74, 6) is -0.256. The van der Waals surface area contributed by atoms with Gasteiger partial charge < -0.3 is 9.84 Å². The van der Waals surface area contributed by atoms with Crippen LogP contribution in [0.15, 0.2) is 18.2 Å². The maximum atomic E-state index is 11.0. The second-order valence-electron chi connectivity index (χ2n) is 4.33. The molecule has 0 saturated heterocycles. The Morgan fingerprint density at radius 3 is 2.59 bits per heavy atom. The first-order valence-corrected chi connectivity index (χ1v) is 6.01. The largest absolute Gasteiger partial charge is 0.479 e. The third-order valence-corrected chi connectivity index (χ3v) is 2.85. The van der Waals surface area contributed by atoms with Gasteiger partial charge in [0.2, 0.25) is 0 Å². The highest BCUT2D eigenvalue weighted by atomic mass is 16.5. The number of aryl methyl sites for hydroxylation is 2. The molecule has 0 aliphatic carbocycles. The molecule has 1 rings (SSSR count). The first-order chi connectivity index (χ1) is 8.04. The lowest BCUT2D eigenvalue weighted by atomic mass is 10.1. The van der Waals surface area contributed by atoms with Gasteiger partial charge in [0.25, 0.3) is 0 Å². The van der Waals surface area contributed by atoms with E-state index in [-0.39, 0.29) is 0 Å². The zero-order chi connectivity index (χ0) is 12.8.